The van der Waals surface area contributed by atoms with E-state index in [0.717, 1.165) is 38.1 Å². The molecule has 0 radical (unpaired) electrons. The van der Waals surface area contributed by atoms with Crippen LogP contribution in [0.3, 0.4) is 0 Å². The number of rotatable bonds is 8. The number of carbonyl (C=O) groups excluding carboxylic acids is 2. The minimum Gasteiger partial charge on any atom is -0.489 e. The Morgan fingerprint density at radius 2 is 1.54 bits per heavy atom. The van der Waals surface area contributed by atoms with E-state index < -0.39 is 12.0 Å². The first-order valence-electron chi connectivity index (χ1n) is 13.2. The van der Waals surface area contributed by atoms with Gasteiger partial charge in [0.15, 0.2) is 0 Å². The second-order valence-electron chi connectivity index (χ2n) is 9.65. The molecule has 1 amide bonds. The van der Waals surface area contributed by atoms with Crippen LogP contribution in [0.4, 0.5) is 0 Å². The van der Waals surface area contributed by atoms with Crippen molar-refractivity contribution in [3.8, 4) is 17.6 Å². The minimum absolute atomic E-state index is 0.292. The van der Waals surface area contributed by atoms with E-state index in [-0.39, 0.29) is 5.91 Å². The molecule has 1 aromatic heterocycles. The van der Waals surface area contributed by atoms with Gasteiger partial charge in [0, 0.05) is 22.2 Å². The predicted molar refractivity (Wildman–Crippen MR) is 163 cm³/mol. The number of ether oxygens (including phenoxy) is 2. The molecule has 0 unspecified atom stereocenters. The molecule has 0 aliphatic heterocycles. The fourth-order valence-electron chi connectivity index (χ4n) is 4.27. The fourth-order valence-corrected chi connectivity index (χ4v) is 5.22. The van der Waals surface area contributed by atoms with Crippen LogP contribution in [0.15, 0.2) is 103 Å². The van der Waals surface area contributed by atoms with Gasteiger partial charge in [-0.3, -0.25) is 4.79 Å². The average Bonchev–Trinajstić information content (AvgIpc) is 3.44. The molecule has 1 heterocycles. The molecule has 0 saturated heterocycles. The number of amides is 1. The molecule has 1 N–H and O–H groups in total. The van der Waals surface area contributed by atoms with Crippen molar-refractivity contribution in [3.05, 3.63) is 136 Å². The highest BCUT2D eigenvalue weighted by atomic mass is 32.1. The summed E-state index contributed by atoms with van der Waals surface area (Å²) in [6.45, 7) is 2.52. The van der Waals surface area contributed by atoms with Gasteiger partial charge in [0.05, 0.1) is 12.0 Å². The lowest BCUT2D eigenvalue weighted by atomic mass is 10.1. The van der Waals surface area contributed by atoms with Gasteiger partial charge in [0.2, 0.25) is 0 Å². The number of esters is 1. The minimum atomic E-state index is -0.829. The Morgan fingerprint density at radius 3 is 2.27 bits per heavy atom. The van der Waals surface area contributed by atoms with Crippen LogP contribution >= 0.6 is 11.3 Å². The molecule has 6 heteroatoms. The predicted octanol–water partition coefficient (Wildman–Crippen LogP) is 6.70. The first kappa shape index (κ1) is 27.7. The Kier molecular flexibility index (Phi) is 8.78. The number of benzene rings is 4. The quantitative estimate of drug-likeness (QED) is 0.170. The lowest BCUT2D eigenvalue weighted by molar-refractivity contribution is -0.142. The molecule has 0 fully saturated rings. The highest BCUT2D eigenvalue weighted by molar-refractivity contribution is 7.20. The molecule has 41 heavy (non-hydrogen) atoms. The molecular formula is C35H29NO4S. The van der Waals surface area contributed by atoms with Gasteiger partial charge < -0.3 is 14.8 Å². The van der Waals surface area contributed by atoms with Crippen LogP contribution in [0.5, 0.6) is 5.75 Å². The largest absolute Gasteiger partial charge is 0.489 e. The van der Waals surface area contributed by atoms with Gasteiger partial charge >= 0.3 is 5.97 Å². The van der Waals surface area contributed by atoms with Crippen LogP contribution in [0, 0.1) is 18.8 Å². The Labute approximate surface area is 243 Å². The second-order valence-corrected chi connectivity index (χ2v) is 10.7. The number of hydrogen-bond acceptors (Lipinski definition) is 5. The molecule has 0 saturated carbocycles. The van der Waals surface area contributed by atoms with E-state index in [1.807, 2.05) is 91.0 Å². The Bertz CT molecular complexity index is 1710. The normalized spacial score (nSPS) is 11.3. The van der Waals surface area contributed by atoms with E-state index >= 15 is 0 Å². The van der Waals surface area contributed by atoms with Crippen LogP contribution < -0.4 is 10.1 Å². The first-order chi connectivity index (χ1) is 20.0. The van der Waals surface area contributed by atoms with Crippen molar-refractivity contribution in [2.24, 2.45) is 0 Å². The summed E-state index contributed by atoms with van der Waals surface area (Å²) in [6.07, 6.45) is 0.292. The summed E-state index contributed by atoms with van der Waals surface area (Å²) >= 11 is 1.37. The van der Waals surface area contributed by atoms with E-state index in [2.05, 4.69) is 36.2 Å². The molecule has 5 rings (SSSR count). The number of nitrogens with one attached hydrogen (secondary N) is 1. The topological polar surface area (TPSA) is 64.6 Å². The lowest BCUT2D eigenvalue weighted by Crippen LogP contribution is -2.42. The van der Waals surface area contributed by atoms with Gasteiger partial charge in [0.25, 0.3) is 5.91 Å². The Hall–Kier alpha value is -4.86. The van der Waals surface area contributed by atoms with Gasteiger partial charge in [-0.15, -0.1) is 11.3 Å². The van der Waals surface area contributed by atoms with Crippen LogP contribution in [0.25, 0.3) is 10.1 Å². The molecule has 1 atom stereocenters. The third-order valence-electron chi connectivity index (χ3n) is 6.55. The zero-order chi connectivity index (χ0) is 28.6. The van der Waals surface area contributed by atoms with E-state index in [9.17, 15) is 9.59 Å². The number of thiophene rings is 1. The second kappa shape index (κ2) is 13.0. The number of methoxy groups -OCH3 is 1. The third kappa shape index (κ3) is 7.42. The molecular weight excluding hydrogens is 530 g/mol. The van der Waals surface area contributed by atoms with Gasteiger partial charge in [0.1, 0.15) is 18.4 Å². The highest BCUT2D eigenvalue weighted by Gasteiger charge is 2.23. The van der Waals surface area contributed by atoms with Crippen LogP contribution in [0.2, 0.25) is 0 Å². The maximum atomic E-state index is 13.2. The molecule has 4 aromatic carbocycles. The summed E-state index contributed by atoms with van der Waals surface area (Å²) in [5.41, 5.74) is 4.98. The Balaban J connectivity index is 1.23. The number of hydrogen-bond donors (Lipinski definition) is 1. The third-order valence-corrected chi connectivity index (χ3v) is 7.66. The van der Waals surface area contributed by atoms with Crippen molar-refractivity contribution in [1.29, 1.82) is 0 Å². The van der Waals surface area contributed by atoms with Gasteiger partial charge in [-0.25, -0.2) is 4.79 Å². The van der Waals surface area contributed by atoms with Crippen molar-refractivity contribution in [3.63, 3.8) is 0 Å². The average molecular weight is 560 g/mol. The summed E-state index contributed by atoms with van der Waals surface area (Å²) in [7, 11) is 1.32. The lowest BCUT2D eigenvalue weighted by Gasteiger charge is -2.16. The zero-order valence-electron chi connectivity index (χ0n) is 22.8. The maximum Gasteiger partial charge on any atom is 0.328 e. The zero-order valence-corrected chi connectivity index (χ0v) is 23.7. The summed E-state index contributed by atoms with van der Waals surface area (Å²) in [4.78, 5) is 26.3. The van der Waals surface area contributed by atoms with Crippen molar-refractivity contribution >= 4 is 33.3 Å². The first-order valence-corrected chi connectivity index (χ1v) is 14.0. The van der Waals surface area contributed by atoms with Crippen LogP contribution in [0.1, 0.15) is 37.5 Å². The molecule has 5 aromatic rings. The molecule has 0 aliphatic carbocycles. The smallest absolute Gasteiger partial charge is 0.328 e. The molecule has 0 spiro atoms. The number of aryl methyl sites for hydroxylation is 1. The molecule has 5 nitrogen and oxygen atoms in total. The highest BCUT2D eigenvalue weighted by Crippen LogP contribution is 2.27. The van der Waals surface area contributed by atoms with Gasteiger partial charge in [-0.1, -0.05) is 72.0 Å². The van der Waals surface area contributed by atoms with Gasteiger partial charge in [-0.2, -0.15) is 0 Å². The summed E-state index contributed by atoms with van der Waals surface area (Å²) in [5, 5.41) is 3.78. The van der Waals surface area contributed by atoms with Crippen molar-refractivity contribution in [2.75, 3.05) is 7.11 Å². The molecule has 204 valence electrons. The van der Waals surface area contributed by atoms with Gasteiger partial charge in [-0.05, 0) is 72.0 Å². The van der Waals surface area contributed by atoms with E-state index in [1.165, 1.54) is 24.0 Å². The summed E-state index contributed by atoms with van der Waals surface area (Å²) in [5.74, 6) is 6.24. The monoisotopic (exact) mass is 559 g/mol. The van der Waals surface area contributed by atoms with Crippen molar-refractivity contribution in [2.45, 2.75) is 26.0 Å². The number of fused-ring (bicyclic) bond motifs is 1. The maximum absolute atomic E-state index is 13.2. The van der Waals surface area contributed by atoms with Crippen LogP contribution in [-0.4, -0.2) is 25.0 Å². The standard InChI is InChI=1S/C35H29NO4S/c1-24-8-10-28(11-9-24)23-40-30-17-14-27(15-18-30)21-31(35(38)39-2)36-34(37)33-22-29-20-26(16-19-32(29)41-33)13-12-25-6-4-3-5-7-25/h3-11,14-20,22,31H,21,23H2,1-2H3,(H,36,37)/t31-/m0/s1. The van der Waals surface area contributed by atoms with Crippen molar-refractivity contribution in [1.82, 2.24) is 5.32 Å². The molecule has 0 bridgehead atoms. The summed E-state index contributed by atoms with van der Waals surface area (Å²) < 4.78 is 11.8. The Morgan fingerprint density at radius 1 is 0.829 bits per heavy atom. The SMILES string of the molecule is COC(=O)[C@H](Cc1ccc(OCc2ccc(C)cc2)cc1)NC(=O)c1cc2cc(C#Cc3ccccc3)ccc2s1. The number of carbonyl (C=O) groups is 2. The van der Waals surface area contributed by atoms with Crippen LogP contribution in [-0.2, 0) is 22.6 Å². The molecule has 0 aliphatic rings. The fraction of sp³-hybridized carbons (Fsp3) is 0.143. The summed E-state index contributed by atoms with van der Waals surface area (Å²) in [6, 6.07) is 32.4. The van der Waals surface area contributed by atoms with E-state index in [4.69, 9.17) is 9.47 Å². The van der Waals surface area contributed by atoms with E-state index in [1.54, 1.807) is 0 Å². The van der Waals surface area contributed by atoms with Crippen molar-refractivity contribution < 1.29 is 19.1 Å². The van der Waals surface area contributed by atoms with E-state index in [0.29, 0.717) is 17.9 Å².